The fourth-order valence-corrected chi connectivity index (χ4v) is 3.97. The van der Waals surface area contributed by atoms with Crippen molar-refractivity contribution < 1.29 is 4.42 Å². The third kappa shape index (κ3) is 2.57. The van der Waals surface area contributed by atoms with Gasteiger partial charge in [-0.05, 0) is 51.5 Å². The Morgan fingerprint density at radius 3 is 2.38 bits per heavy atom. The molecule has 0 aliphatic carbocycles. The van der Waals surface area contributed by atoms with Crippen LogP contribution in [0.5, 0.6) is 0 Å². The third-order valence-electron chi connectivity index (χ3n) is 5.13. The van der Waals surface area contributed by atoms with E-state index in [2.05, 4.69) is 84.9 Å². The highest BCUT2D eigenvalue weighted by atomic mass is 16.4. The fraction of sp³-hybridized carbons (Fsp3) is 0.318. The Kier molecular flexibility index (Phi) is 3.98. The van der Waals surface area contributed by atoms with Gasteiger partial charge in [-0.25, -0.2) is 4.98 Å². The third-order valence-corrected chi connectivity index (χ3v) is 5.13. The van der Waals surface area contributed by atoms with Gasteiger partial charge in [0.1, 0.15) is 6.17 Å². The van der Waals surface area contributed by atoms with Gasteiger partial charge in [0.15, 0.2) is 11.7 Å². The number of aromatic nitrogens is 1. The highest BCUT2D eigenvalue weighted by molar-refractivity contribution is 5.85. The highest BCUT2D eigenvalue weighted by Crippen LogP contribution is 2.46. The van der Waals surface area contributed by atoms with Gasteiger partial charge in [-0.15, -0.1) is 0 Å². The van der Waals surface area contributed by atoms with Gasteiger partial charge in [0.05, 0.1) is 17.6 Å². The van der Waals surface area contributed by atoms with Gasteiger partial charge in [0.2, 0.25) is 0 Å². The van der Waals surface area contributed by atoms with E-state index >= 15 is 0 Å². The van der Waals surface area contributed by atoms with Crippen molar-refractivity contribution in [1.29, 1.82) is 0 Å². The number of para-hydroxylation sites is 2. The molecule has 0 N–H and O–H groups in total. The molecule has 26 heavy (non-hydrogen) atoms. The Hall–Kier alpha value is -2.75. The highest BCUT2D eigenvalue weighted by Gasteiger charge is 2.35. The van der Waals surface area contributed by atoms with E-state index in [4.69, 9.17) is 4.42 Å². The predicted octanol–water partition coefficient (Wildman–Crippen LogP) is 5.67. The molecule has 0 unspecified atom stereocenters. The Balaban J connectivity index is 1.85. The molecule has 0 fully saturated rings. The van der Waals surface area contributed by atoms with E-state index in [1.54, 1.807) is 6.20 Å². The normalized spacial score (nSPS) is 16.5. The molecule has 2 aromatic carbocycles. The van der Waals surface area contributed by atoms with E-state index in [9.17, 15) is 0 Å². The first-order chi connectivity index (χ1) is 12.5. The zero-order chi connectivity index (χ0) is 18.4. The molecule has 0 saturated heterocycles. The maximum Gasteiger partial charge on any atom is 0.191 e. The predicted molar refractivity (Wildman–Crippen MR) is 107 cm³/mol. The minimum Gasteiger partial charge on any atom is -0.441 e. The van der Waals surface area contributed by atoms with E-state index in [-0.39, 0.29) is 6.17 Å². The number of anilines is 3. The zero-order valence-electron chi connectivity index (χ0n) is 16.0. The SMILES string of the molecule is Cc1ncc(-c2ccc(C)c(N3c4ccccc4N(C(C)C)[C@@H]3C)c2)o1. The number of hydrogen-bond acceptors (Lipinski definition) is 4. The number of rotatable bonds is 3. The van der Waals surface area contributed by atoms with Crippen LogP contribution in [0.15, 0.2) is 53.1 Å². The maximum absolute atomic E-state index is 5.74. The van der Waals surface area contributed by atoms with Gasteiger partial charge in [-0.1, -0.05) is 24.3 Å². The molecule has 134 valence electrons. The number of aryl methyl sites for hydroxylation is 2. The van der Waals surface area contributed by atoms with Crippen molar-refractivity contribution in [2.75, 3.05) is 9.80 Å². The van der Waals surface area contributed by atoms with Crippen LogP contribution in [-0.4, -0.2) is 17.2 Å². The van der Waals surface area contributed by atoms with Crippen molar-refractivity contribution in [3.05, 3.63) is 60.1 Å². The van der Waals surface area contributed by atoms with Crippen LogP contribution in [0.1, 0.15) is 32.2 Å². The van der Waals surface area contributed by atoms with Gasteiger partial charge >= 0.3 is 0 Å². The van der Waals surface area contributed by atoms with Crippen LogP contribution >= 0.6 is 0 Å². The smallest absolute Gasteiger partial charge is 0.191 e. The molecule has 1 aromatic heterocycles. The molecule has 4 nitrogen and oxygen atoms in total. The zero-order valence-corrected chi connectivity index (χ0v) is 16.0. The van der Waals surface area contributed by atoms with Crippen molar-refractivity contribution in [3.63, 3.8) is 0 Å². The Morgan fingerprint density at radius 2 is 1.73 bits per heavy atom. The Morgan fingerprint density at radius 1 is 1.00 bits per heavy atom. The summed E-state index contributed by atoms with van der Waals surface area (Å²) < 4.78 is 5.74. The molecule has 4 heteroatoms. The lowest BCUT2D eigenvalue weighted by atomic mass is 10.1. The number of oxazole rings is 1. The first kappa shape index (κ1) is 16.7. The topological polar surface area (TPSA) is 32.5 Å². The van der Waals surface area contributed by atoms with Crippen LogP contribution in [0.3, 0.4) is 0 Å². The summed E-state index contributed by atoms with van der Waals surface area (Å²) in [6.45, 7) is 10.8. The van der Waals surface area contributed by atoms with Crippen LogP contribution in [0.25, 0.3) is 11.3 Å². The van der Waals surface area contributed by atoms with E-state index in [1.807, 2.05) is 6.92 Å². The van der Waals surface area contributed by atoms with Crippen LogP contribution < -0.4 is 9.80 Å². The van der Waals surface area contributed by atoms with Crippen LogP contribution in [0.4, 0.5) is 17.1 Å². The lowest BCUT2D eigenvalue weighted by molar-refractivity contribution is 0.534. The van der Waals surface area contributed by atoms with Crippen molar-refractivity contribution >= 4 is 17.1 Å². The summed E-state index contributed by atoms with van der Waals surface area (Å²) in [4.78, 5) is 9.14. The van der Waals surface area contributed by atoms with Crippen molar-refractivity contribution in [2.24, 2.45) is 0 Å². The molecule has 0 amide bonds. The van der Waals surface area contributed by atoms with Crippen LogP contribution in [-0.2, 0) is 0 Å². The molecule has 1 atom stereocenters. The summed E-state index contributed by atoms with van der Waals surface area (Å²) in [5.41, 5.74) is 6.05. The monoisotopic (exact) mass is 347 g/mol. The second kappa shape index (κ2) is 6.20. The van der Waals surface area contributed by atoms with Crippen molar-refractivity contribution in [3.8, 4) is 11.3 Å². The first-order valence-corrected chi connectivity index (χ1v) is 9.17. The largest absolute Gasteiger partial charge is 0.441 e. The average molecular weight is 347 g/mol. The van der Waals surface area contributed by atoms with E-state index in [1.165, 1.54) is 22.6 Å². The second-order valence-electron chi connectivity index (χ2n) is 7.24. The summed E-state index contributed by atoms with van der Waals surface area (Å²) in [5, 5.41) is 0. The summed E-state index contributed by atoms with van der Waals surface area (Å²) in [5.74, 6) is 1.50. The quantitative estimate of drug-likeness (QED) is 0.611. The number of nitrogens with zero attached hydrogens (tertiary/aromatic N) is 3. The minimum atomic E-state index is 0.248. The molecular weight excluding hydrogens is 322 g/mol. The molecule has 4 rings (SSSR count). The maximum atomic E-state index is 5.74. The summed E-state index contributed by atoms with van der Waals surface area (Å²) in [7, 11) is 0. The molecule has 3 aromatic rings. The first-order valence-electron chi connectivity index (χ1n) is 9.17. The van der Waals surface area contributed by atoms with Gasteiger partial charge in [0.25, 0.3) is 0 Å². The van der Waals surface area contributed by atoms with Gasteiger partial charge < -0.3 is 14.2 Å². The lowest BCUT2D eigenvalue weighted by Gasteiger charge is -2.33. The molecule has 0 radical (unpaired) electrons. The van der Waals surface area contributed by atoms with Gasteiger partial charge in [-0.3, -0.25) is 0 Å². The summed E-state index contributed by atoms with van der Waals surface area (Å²) >= 11 is 0. The number of fused-ring (bicyclic) bond motifs is 1. The summed E-state index contributed by atoms with van der Waals surface area (Å²) in [6, 6.07) is 15.6. The molecule has 1 aliphatic heterocycles. The summed E-state index contributed by atoms with van der Waals surface area (Å²) in [6.07, 6.45) is 2.05. The number of benzene rings is 2. The standard InChI is InChI=1S/C22H25N3O/c1-14(2)24-17(5)25(20-9-7-6-8-19(20)24)21-12-18(11-10-15(21)3)22-13-23-16(4)26-22/h6-14,17H,1-5H3/t17-/m0/s1. The van der Waals surface area contributed by atoms with Crippen LogP contribution in [0, 0.1) is 13.8 Å². The number of hydrogen-bond donors (Lipinski definition) is 0. The molecule has 0 bridgehead atoms. The second-order valence-corrected chi connectivity index (χ2v) is 7.24. The van der Waals surface area contributed by atoms with E-state index < -0.39 is 0 Å². The van der Waals surface area contributed by atoms with E-state index in [0.717, 1.165) is 11.3 Å². The van der Waals surface area contributed by atoms with Crippen molar-refractivity contribution in [2.45, 2.75) is 46.8 Å². The fourth-order valence-electron chi connectivity index (χ4n) is 3.97. The van der Waals surface area contributed by atoms with Crippen molar-refractivity contribution in [1.82, 2.24) is 4.98 Å². The van der Waals surface area contributed by atoms with E-state index in [0.29, 0.717) is 11.9 Å². The average Bonchev–Trinajstić information content (AvgIpc) is 3.16. The van der Waals surface area contributed by atoms with Crippen LogP contribution in [0.2, 0.25) is 0 Å². The molecule has 2 heterocycles. The molecule has 1 aliphatic rings. The van der Waals surface area contributed by atoms with Gasteiger partial charge in [0, 0.05) is 24.2 Å². The lowest BCUT2D eigenvalue weighted by Crippen LogP contribution is -2.42. The Bertz CT molecular complexity index is 944. The minimum absolute atomic E-state index is 0.248. The molecule has 0 spiro atoms. The molecule has 0 saturated carbocycles. The molecular formula is C22H25N3O. The van der Waals surface area contributed by atoms with Gasteiger partial charge in [-0.2, -0.15) is 0 Å². The Labute approximate surface area is 155 Å².